The zero-order valence-corrected chi connectivity index (χ0v) is 23.0. The Labute approximate surface area is 196 Å². The lowest BCUT2D eigenvalue weighted by Crippen LogP contribution is -2.65. The minimum atomic E-state index is -2.59. The summed E-state index contributed by atoms with van der Waals surface area (Å²) in [4.78, 5) is 10.9. The van der Waals surface area contributed by atoms with Crippen LogP contribution in [0.2, 0.25) is 12.1 Å². The Balaban J connectivity index is 0.000000618. The van der Waals surface area contributed by atoms with E-state index in [1.165, 1.54) is 0 Å². The third-order valence-corrected chi connectivity index (χ3v) is 12.6. The predicted molar refractivity (Wildman–Crippen MR) is 126 cm³/mol. The van der Waals surface area contributed by atoms with Gasteiger partial charge in [-0.15, -0.1) is 0 Å². The van der Waals surface area contributed by atoms with Crippen molar-refractivity contribution in [3.8, 4) is 0 Å². The smallest absolute Gasteiger partial charge is 0.463 e. The molecule has 11 heteroatoms. The molecule has 0 saturated carbocycles. The fraction of sp³-hybridized carbons (Fsp3) is 0.857. The van der Waals surface area contributed by atoms with Crippen molar-refractivity contribution in [1.29, 1.82) is 0 Å². The molecule has 0 spiro atoms. The van der Waals surface area contributed by atoms with E-state index in [-0.39, 0.29) is 0 Å². The Kier molecular flexibility index (Phi) is 16.6. The van der Waals surface area contributed by atoms with E-state index in [2.05, 4.69) is 6.58 Å². The Morgan fingerprint density at radius 3 is 1.88 bits per heavy atom. The van der Waals surface area contributed by atoms with E-state index in [1.54, 1.807) is 28.4 Å². The van der Waals surface area contributed by atoms with E-state index < -0.39 is 28.7 Å². The highest BCUT2D eigenvalue weighted by Crippen LogP contribution is 2.40. The molecule has 1 heterocycles. The average molecular weight is 497 g/mol. The molecule has 1 aliphatic heterocycles. The molecular formula is C21H44O9Si2. The first kappa shape index (κ1) is 31.4. The van der Waals surface area contributed by atoms with Crippen molar-refractivity contribution in [2.24, 2.45) is 0 Å². The van der Waals surface area contributed by atoms with E-state index in [1.807, 2.05) is 20.8 Å². The van der Waals surface area contributed by atoms with Gasteiger partial charge in [0.15, 0.2) is 0 Å². The zero-order valence-electron chi connectivity index (χ0n) is 21.0. The second-order valence-corrected chi connectivity index (χ2v) is 13.3. The molecule has 0 aromatic heterocycles. The summed E-state index contributed by atoms with van der Waals surface area (Å²) in [5.41, 5.74) is -0.630. The summed E-state index contributed by atoms with van der Waals surface area (Å²) in [5, 5.41) is 0. The number of methoxy groups -OCH3 is 2. The van der Waals surface area contributed by atoms with Crippen molar-refractivity contribution in [1.82, 2.24) is 0 Å². The summed E-state index contributed by atoms with van der Waals surface area (Å²) >= 11 is 0. The fourth-order valence-electron chi connectivity index (χ4n) is 3.81. The summed E-state index contributed by atoms with van der Waals surface area (Å²) in [6, 6.07) is 1.58. The van der Waals surface area contributed by atoms with Crippen LogP contribution in [0.3, 0.4) is 0 Å². The van der Waals surface area contributed by atoms with Crippen LogP contribution in [0.1, 0.15) is 46.5 Å². The molecule has 0 radical (unpaired) electrons. The van der Waals surface area contributed by atoms with Gasteiger partial charge in [-0.1, -0.05) is 13.0 Å². The first-order valence-electron chi connectivity index (χ1n) is 11.3. The Hall–Kier alpha value is -0.636. The molecule has 0 bridgehead atoms. The van der Waals surface area contributed by atoms with Gasteiger partial charge in [-0.25, -0.2) is 4.79 Å². The van der Waals surface area contributed by atoms with Crippen LogP contribution in [0.25, 0.3) is 0 Å². The van der Waals surface area contributed by atoms with Crippen molar-refractivity contribution in [3.63, 3.8) is 0 Å². The Morgan fingerprint density at radius 1 is 0.969 bits per heavy atom. The standard InChI is InChI=1S/C12H24O5Si.C9H20O4Si/c1-5-12(13)14-10-9-11-18(15-6-2,16-7-3)17-8-4;1-10-9(11-2)7-5-6-8-14(9,12-3)13-4/h5H,1,6-11H2,2-4H3;5-8H2,1-4H3. The van der Waals surface area contributed by atoms with Crippen molar-refractivity contribution in [2.75, 3.05) is 54.9 Å². The van der Waals surface area contributed by atoms with Crippen molar-refractivity contribution < 1.29 is 41.1 Å². The topological polar surface area (TPSA) is 90.9 Å². The molecule has 0 atom stereocenters. The highest BCUT2D eigenvalue weighted by Gasteiger charge is 2.60. The fourth-order valence-corrected chi connectivity index (χ4v) is 9.87. The van der Waals surface area contributed by atoms with Crippen molar-refractivity contribution in [3.05, 3.63) is 12.7 Å². The van der Waals surface area contributed by atoms with Gasteiger partial charge in [-0.3, -0.25) is 0 Å². The molecule has 9 nitrogen and oxygen atoms in total. The average Bonchev–Trinajstić information content (AvgIpc) is 2.82. The van der Waals surface area contributed by atoms with Gasteiger partial charge in [0.05, 0.1) is 6.61 Å². The Bertz CT molecular complexity index is 474. The van der Waals surface area contributed by atoms with Gasteiger partial charge in [-0.2, -0.15) is 0 Å². The van der Waals surface area contributed by atoms with Crippen LogP contribution >= 0.6 is 0 Å². The SMILES string of the molecule is C=CC(=O)OCCC[Si](OCC)(OCC)OCC.COC1(OC)CCCC[Si]1(OC)OC. The first-order chi connectivity index (χ1) is 15.3. The second-order valence-electron chi connectivity index (χ2n) is 6.99. The zero-order chi connectivity index (χ0) is 24.5. The molecule has 0 aromatic carbocycles. The van der Waals surface area contributed by atoms with Crippen molar-refractivity contribution in [2.45, 2.75) is 64.0 Å². The highest BCUT2D eigenvalue weighted by atomic mass is 28.4. The third kappa shape index (κ3) is 8.95. The van der Waals surface area contributed by atoms with Gasteiger partial charge in [0.1, 0.15) is 0 Å². The second kappa shape index (κ2) is 16.9. The molecule has 1 aliphatic rings. The molecule has 32 heavy (non-hydrogen) atoms. The van der Waals surface area contributed by atoms with Crippen LogP contribution in [0.4, 0.5) is 0 Å². The maximum absolute atomic E-state index is 10.9. The first-order valence-corrected chi connectivity index (χ1v) is 15.2. The summed E-state index contributed by atoms with van der Waals surface area (Å²) in [7, 11) is 1.75. The predicted octanol–water partition coefficient (Wildman–Crippen LogP) is 3.59. The molecule has 0 N–H and O–H groups in total. The lowest BCUT2D eigenvalue weighted by molar-refractivity contribution is -0.183. The van der Waals surface area contributed by atoms with Gasteiger partial charge in [0, 0.05) is 66.8 Å². The summed E-state index contributed by atoms with van der Waals surface area (Å²) in [5.74, 6) is -0.411. The monoisotopic (exact) mass is 496 g/mol. The lowest BCUT2D eigenvalue weighted by Gasteiger charge is -2.46. The number of esters is 1. The normalized spacial score (nSPS) is 17.2. The van der Waals surface area contributed by atoms with Gasteiger partial charge in [0.25, 0.3) is 0 Å². The number of hydrogen-bond donors (Lipinski definition) is 0. The maximum atomic E-state index is 10.9. The number of carbonyl (C=O) groups is 1. The Morgan fingerprint density at radius 2 is 1.50 bits per heavy atom. The van der Waals surface area contributed by atoms with Gasteiger partial charge in [0.2, 0.25) is 5.41 Å². The van der Waals surface area contributed by atoms with E-state index in [4.69, 9.17) is 36.3 Å². The molecular weight excluding hydrogens is 452 g/mol. The lowest BCUT2D eigenvalue weighted by atomic mass is 10.2. The number of hydrogen-bond acceptors (Lipinski definition) is 9. The van der Waals surface area contributed by atoms with Gasteiger partial charge in [-0.05, 0) is 39.7 Å². The van der Waals surface area contributed by atoms with Crippen molar-refractivity contribution >= 4 is 23.3 Å². The van der Waals surface area contributed by atoms with Crippen LogP contribution in [-0.2, 0) is 41.1 Å². The molecule has 1 rings (SSSR count). The van der Waals surface area contributed by atoms with E-state index >= 15 is 0 Å². The van der Waals surface area contributed by atoms with Crippen LogP contribution < -0.4 is 0 Å². The summed E-state index contributed by atoms with van der Waals surface area (Å²) in [6.45, 7) is 11.1. The maximum Gasteiger partial charge on any atom is 0.501 e. The summed E-state index contributed by atoms with van der Waals surface area (Å²) < 4.78 is 44.2. The molecule has 0 aliphatic carbocycles. The molecule has 1 fully saturated rings. The molecule has 0 unspecified atom stereocenters. The molecule has 1 saturated heterocycles. The largest absolute Gasteiger partial charge is 0.501 e. The third-order valence-electron chi connectivity index (χ3n) is 5.29. The van der Waals surface area contributed by atoms with Gasteiger partial charge < -0.3 is 36.3 Å². The van der Waals surface area contributed by atoms with E-state index in [0.717, 1.165) is 31.4 Å². The van der Waals surface area contributed by atoms with E-state index in [9.17, 15) is 4.79 Å². The molecule has 0 amide bonds. The van der Waals surface area contributed by atoms with Crippen LogP contribution in [0.5, 0.6) is 0 Å². The van der Waals surface area contributed by atoms with Gasteiger partial charge >= 0.3 is 23.3 Å². The van der Waals surface area contributed by atoms with Crippen LogP contribution in [-0.4, -0.2) is 83.6 Å². The molecule has 0 aromatic rings. The minimum absolute atomic E-state index is 0.326. The highest BCUT2D eigenvalue weighted by molar-refractivity contribution is 6.70. The van der Waals surface area contributed by atoms with Crippen LogP contribution in [0.15, 0.2) is 12.7 Å². The quantitative estimate of drug-likeness (QED) is 0.111. The number of carbonyl (C=O) groups excluding carboxylic acids is 1. The molecule has 190 valence electrons. The van der Waals surface area contributed by atoms with E-state index in [0.29, 0.717) is 38.9 Å². The number of ether oxygens (including phenoxy) is 3. The minimum Gasteiger partial charge on any atom is -0.463 e. The van der Waals surface area contributed by atoms with Crippen LogP contribution in [0, 0.1) is 0 Å². The summed E-state index contributed by atoms with van der Waals surface area (Å²) in [6.07, 6.45) is 4.89. The number of rotatable bonds is 15.